The first-order valence-corrected chi connectivity index (χ1v) is 6.34. The first-order valence-electron chi connectivity index (χ1n) is 6.34. The van der Waals surface area contributed by atoms with Gasteiger partial charge in [0.2, 0.25) is 0 Å². The lowest BCUT2D eigenvalue weighted by molar-refractivity contribution is -0.139. The Morgan fingerprint density at radius 1 is 1.56 bits per heavy atom. The summed E-state index contributed by atoms with van der Waals surface area (Å²) in [7, 11) is 0. The molecule has 1 N–H and O–H groups in total. The van der Waals surface area contributed by atoms with E-state index < -0.39 is 11.9 Å². The van der Waals surface area contributed by atoms with Crippen LogP contribution in [0, 0.1) is 0 Å². The van der Waals surface area contributed by atoms with Crippen molar-refractivity contribution in [2.24, 2.45) is 0 Å². The van der Waals surface area contributed by atoms with Crippen molar-refractivity contribution in [2.45, 2.75) is 32.1 Å². The topological polar surface area (TPSA) is 55.8 Å². The average molecular weight is 250 g/mol. The smallest absolute Gasteiger partial charge is 0.311 e. The summed E-state index contributed by atoms with van der Waals surface area (Å²) in [5, 5.41) is 9.14. The van der Waals surface area contributed by atoms with Crippen molar-refractivity contribution in [3.8, 4) is 11.5 Å². The maximum atomic E-state index is 11.1. The highest BCUT2D eigenvalue weighted by atomic mass is 16.5. The van der Waals surface area contributed by atoms with Gasteiger partial charge in [-0.05, 0) is 18.9 Å². The lowest BCUT2D eigenvalue weighted by atomic mass is 9.93. The van der Waals surface area contributed by atoms with E-state index in [0.717, 1.165) is 24.2 Å². The van der Waals surface area contributed by atoms with Gasteiger partial charge in [0.25, 0.3) is 0 Å². The summed E-state index contributed by atoms with van der Waals surface area (Å²) >= 11 is 0. The molecule has 1 atom stereocenters. The van der Waals surface area contributed by atoms with Gasteiger partial charge in [0.1, 0.15) is 11.5 Å². The number of carbonyl (C=O) groups is 1. The number of fused-ring (bicyclic) bond motifs is 1. The van der Waals surface area contributed by atoms with Crippen molar-refractivity contribution in [2.75, 3.05) is 13.2 Å². The number of ether oxygens (including phenoxy) is 2. The third kappa shape index (κ3) is 2.75. The van der Waals surface area contributed by atoms with Crippen LogP contribution in [0.3, 0.4) is 0 Å². The Bertz CT molecular complexity index is 428. The van der Waals surface area contributed by atoms with Crippen molar-refractivity contribution in [3.05, 3.63) is 23.8 Å². The lowest BCUT2D eigenvalue weighted by Gasteiger charge is -2.23. The van der Waals surface area contributed by atoms with E-state index in [1.807, 2.05) is 6.07 Å². The molecule has 4 nitrogen and oxygen atoms in total. The molecule has 0 aliphatic carbocycles. The second-order valence-electron chi connectivity index (χ2n) is 4.43. The third-order valence-corrected chi connectivity index (χ3v) is 3.09. The Hall–Kier alpha value is -1.71. The highest BCUT2D eigenvalue weighted by Crippen LogP contribution is 2.36. The Morgan fingerprint density at radius 2 is 2.39 bits per heavy atom. The van der Waals surface area contributed by atoms with Crippen LogP contribution in [0.5, 0.6) is 11.5 Å². The van der Waals surface area contributed by atoms with Gasteiger partial charge in [0, 0.05) is 11.6 Å². The van der Waals surface area contributed by atoms with Crippen LogP contribution in [-0.4, -0.2) is 24.3 Å². The molecule has 2 rings (SSSR count). The van der Waals surface area contributed by atoms with Gasteiger partial charge >= 0.3 is 5.97 Å². The minimum Gasteiger partial charge on any atom is -0.493 e. The summed E-state index contributed by atoms with van der Waals surface area (Å²) in [5.74, 6) is 0.133. The molecule has 98 valence electrons. The van der Waals surface area contributed by atoms with Gasteiger partial charge in [0.05, 0.1) is 19.1 Å². The normalized spacial score (nSPS) is 17.7. The van der Waals surface area contributed by atoms with Gasteiger partial charge in [-0.15, -0.1) is 0 Å². The van der Waals surface area contributed by atoms with E-state index >= 15 is 0 Å². The highest BCUT2D eigenvalue weighted by molar-refractivity contribution is 5.77. The summed E-state index contributed by atoms with van der Waals surface area (Å²) in [6, 6.07) is 5.41. The van der Waals surface area contributed by atoms with Crippen LogP contribution in [-0.2, 0) is 4.79 Å². The van der Waals surface area contributed by atoms with Gasteiger partial charge in [0.15, 0.2) is 0 Å². The second kappa shape index (κ2) is 5.76. The zero-order valence-corrected chi connectivity index (χ0v) is 10.5. The summed E-state index contributed by atoms with van der Waals surface area (Å²) < 4.78 is 11.1. The zero-order valence-electron chi connectivity index (χ0n) is 10.5. The van der Waals surface area contributed by atoms with Crippen LogP contribution in [0.15, 0.2) is 18.2 Å². The largest absolute Gasteiger partial charge is 0.493 e. The fourth-order valence-electron chi connectivity index (χ4n) is 2.05. The molecular formula is C14H18O4. The maximum Gasteiger partial charge on any atom is 0.311 e. The Morgan fingerprint density at radius 3 is 3.11 bits per heavy atom. The standard InChI is InChI=1S/C14H18O4/c1-2-3-7-17-10-4-5-11-12(14(15)16)6-8-18-13(11)9-10/h4-5,9,12H,2-3,6-8H2,1H3,(H,15,16). The first kappa shape index (κ1) is 12.7. The van der Waals surface area contributed by atoms with Gasteiger partial charge in [-0.3, -0.25) is 4.79 Å². The molecule has 18 heavy (non-hydrogen) atoms. The van der Waals surface area contributed by atoms with E-state index in [1.54, 1.807) is 12.1 Å². The van der Waals surface area contributed by atoms with Crippen molar-refractivity contribution in [1.29, 1.82) is 0 Å². The van der Waals surface area contributed by atoms with E-state index in [2.05, 4.69) is 6.92 Å². The number of carboxylic acid groups (broad SMARTS) is 1. The van der Waals surface area contributed by atoms with Crippen LogP contribution < -0.4 is 9.47 Å². The van der Waals surface area contributed by atoms with Crippen LogP contribution >= 0.6 is 0 Å². The molecule has 1 aliphatic heterocycles. The summed E-state index contributed by atoms with van der Waals surface area (Å²) in [6.07, 6.45) is 2.62. The van der Waals surface area contributed by atoms with Gasteiger partial charge < -0.3 is 14.6 Å². The number of unbranched alkanes of at least 4 members (excludes halogenated alkanes) is 1. The van der Waals surface area contributed by atoms with Crippen molar-refractivity contribution in [1.82, 2.24) is 0 Å². The number of hydrogen-bond donors (Lipinski definition) is 1. The van der Waals surface area contributed by atoms with Gasteiger partial charge in [-0.2, -0.15) is 0 Å². The van der Waals surface area contributed by atoms with Crippen LogP contribution in [0.25, 0.3) is 0 Å². The predicted octanol–water partition coefficient (Wildman–Crippen LogP) is 2.82. The molecule has 0 radical (unpaired) electrons. The van der Waals surface area contributed by atoms with E-state index in [-0.39, 0.29) is 0 Å². The first-order chi connectivity index (χ1) is 8.72. The Labute approximate surface area is 107 Å². The predicted molar refractivity (Wildman–Crippen MR) is 67.3 cm³/mol. The minimum atomic E-state index is -0.792. The van der Waals surface area contributed by atoms with Gasteiger partial charge in [-0.25, -0.2) is 0 Å². The average Bonchev–Trinajstić information content (AvgIpc) is 2.38. The molecule has 0 aromatic heterocycles. The molecule has 1 aromatic carbocycles. The maximum absolute atomic E-state index is 11.1. The fourth-order valence-corrected chi connectivity index (χ4v) is 2.05. The third-order valence-electron chi connectivity index (χ3n) is 3.09. The molecule has 0 fully saturated rings. The minimum absolute atomic E-state index is 0.447. The van der Waals surface area contributed by atoms with Crippen molar-refractivity contribution >= 4 is 5.97 Å². The highest BCUT2D eigenvalue weighted by Gasteiger charge is 2.27. The fraction of sp³-hybridized carbons (Fsp3) is 0.500. The number of hydrogen-bond acceptors (Lipinski definition) is 3. The molecule has 1 heterocycles. The Kier molecular flexibility index (Phi) is 4.07. The number of aliphatic carboxylic acids is 1. The van der Waals surface area contributed by atoms with Crippen molar-refractivity contribution in [3.63, 3.8) is 0 Å². The summed E-state index contributed by atoms with van der Waals surface area (Å²) in [6.45, 7) is 3.23. The molecule has 1 unspecified atom stereocenters. The molecule has 0 amide bonds. The molecular weight excluding hydrogens is 232 g/mol. The number of benzene rings is 1. The monoisotopic (exact) mass is 250 g/mol. The Balaban J connectivity index is 2.14. The zero-order chi connectivity index (χ0) is 13.0. The van der Waals surface area contributed by atoms with E-state index in [4.69, 9.17) is 14.6 Å². The number of carboxylic acids is 1. The molecule has 1 aliphatic rings. The molecule has 0 bridgehead atoms. The quantitative estimate of drug-likeness (QED) is 0.816. The van der Waals surface area contributed by atoms with E-state index in [0.29, 0.717) is 25.4 Å². The second-order valence-corrected chi connectivity index (χ2v) is 4.43. The van der Waals surface area contributed by atoms with E-state index in [1.165, 1.54) is 0 Å². The van der Waals surface area contributed by atoms with E-state index in [9.17, 15) is 4.79 Å². The number of rotatable bonds is 5. The van der Waals surface area contributed by atoms with Gasteiger partial charge in [-0.1, -0.05) is 19.4 Å². The summed E-state index contributed by atoms with van der Waals surface area (Å²) in [4.78, 5) is 11.1. The van der Waals surface area contributed by atoms with Crippen molar-refractivity contribution < 1.29 is 19.4 Å². The summed E-state index contributed by atoms with van der Waals surface area (Å²) in [5.41, 5.74) is 0.747. The van der Waals surface area contributed by atoms with Crippen LogP contribution in [0.4, 0.5) is 0 Å². The molecule has 0 spiro atoms. The van der Waals surface area contributed by atoms with Crippen LogP contribution in [0.2, 0.25) is 0 Å². The van der Waals surface area contributed by atoms with Crippen LogP contribution in [0.1, 0.15) is 37.7 Å². The SMILES string of the molecule is CCCCOc1ccc2c(c1)OCCC2C(=O)O. The molecule has 0 saturated heterocycles. The molecule has 1 aromatic rings. The molecule has 0 saturated carbocycles. The molecule has 4 heteroatoms. The lowest BCUT2D eigenvalue weighted by Crippen LogP contribution is -2.20.